The first kappa shape index (κ1) is 14.3. The maximum atomic E-state index is 11.0. The summed E-state index contributed by atoms with van der Waals surface area (Å²) in [6, 6.07) is 0. The summed E-state index contributed by atoms with van der Waals surface area (Å²) < 4.78 is 0. The minimum absolute atomic E-state index is 0.193. The van der Waals surface area contributed by atoms with Crippen LogP contribution in [0.4, 0.5) is 0 Å². The number of fused-ring (bicyclic) bond motifs is 3. The minimum atomic E-state index is -0.210. The summed E-state index contributed by atoms with van der Waals surface area (Å²) in [7, 11) is 0. The molecule has 1 heteroatoms. The van der Waals surface area contributed by atoms with Gasteiger partial charge in [-0.05, 0) is 79.1 Å². The van der Waals surface area contributed by atoms with Crippen LogP contribution in [-0.2, 0) is 0 Å². The third-order valence-corrected chi connectivity index (χ3v) is 8.51. The lowest BCUT2D eigenvalue weighted by atomic mass is 9.41. The van der Waals surface area contributed by atoms with Crippen LogP contribution in [0.3, 0.4) is 0 Å². The highest BCUT2D eigenvalue weighted by molar-refractivity contribution is 5.27. The lowest BCUT2D eigenvalue weighted by Gasteiger charge is -2.64. The van der Waals surface area contributed by atoms with Crippen molar-refractivity contribution in [3.63, 3.8) is 0 Å². The van der Waals surface area contributed by atoms with Gasteiger partial charge in [0.25, 0.3) is 0 Å². The van der Waals surface area contributed by atoms with Crippen molar-refractivity contribution >= 4 is 0 Å². The van der Waals surface area contributed by atoms with E-state index in [9.17, 15) is 5.11 Å². The molecule has 0 radical (unpaired) electrons. The van der Waals surface area contributed by atoms with E-state index in [-0.39, 0.29) is 11.5 Å². The fourth-order valence-electron chi connectivity index (χ4n) is 7.69. The summed E-state index contributed by atoms with van der Waals surface area (Å²) in [5.74, 6) is 2.20. The van der Waals surface area contributed by atoms with Gasteiger partial charge in [0.15, 0.2) is 0 Å². The molecule has 1 spiro atoms. The summed E-state index contributed by atoms with van der Waals surface area (Å²) in [5.41, 5.74) is 2.32. The highest BCUT2D eigenvalue weighted by Gasteiger charge is 2.65. The maximum absolute atomic E-state index is 11.0. The van der Waals surface area contributed by atoms with Gasteiger partial charge in [0.2, 0.25) is 0 Å². The van der Waals surface area contributed by atoms with Crippen molar-refractivity contribution in [3.05, 3.63) is 12.2 Å². The smallest absolute Gasteiger partial charge is 0.0809 e. The largest absolute Gasteiger partial charge is 0.388 e. The van der Waals surface area contributed by atoms with Crippen molar-refractivity contribution in [3.8, 4) is 0 Å². The minimum Gasteiger partial charge on any atom is -0.388 e. The van der Waals surface area contributed by atoms with Gasteiger partial charge in [-0.25, -0.2) is 0 Å². The predicted octanol–water partition coefficient (Wildman–Crippen LogP) is 4.95. The molecule has 1 nitrogen and oxygen atoms in total. The van der Waals surface area contributed by atoms with Crippen molar-refractivity contribution in [2.24, 2.45) is 34.0 Å². The van der Waals surface area contributed by atoms with Gasteiger partial charge in [0.1, 0.15) is 0 Å². The van der Waals surface area contributed by atoms with Crippen LogP contribution in [0.2, 0.25) is 0 Å². The molecule has 0 aromatic rings. The van der Waals surface area contributed by atoms with Crippen molar-refractivity contribution in [2.45, 2.75) is 78.2 Å². The van der Waals surface area contributed by atoms with Crippen molar-refractivity contribution in [2.75, 3.05) is 0 Å². The van der Waals surface area contributed by atoms with Crippen LogP contribution in [0.25, 0.3) is 0 Å². The first-order valence-electron chi connectivity index (χ1n) is 9.18. The first-order chi connectivity index (χ1) is 9.81. The summed E-state index contributed by atoms with van der Waals surface area (Å²) in [4.78, 5) is 0. The molecule has 0 saturated heterocycles. The average Bonchev–Trinajstić information content (AvgIpc) is 2.59. The van der Waals surface area contributed by atoms with Crippen LogP contribution in [0.5, 0.6) is 0 Å². The monoisotopic (exact) mass is 288 g/mol. The number of rotatable bonds is 0. The molecule has 118 valence electrons. The Hall–Kier alpha value is -0.300. The molecule has 4 fully saturated rings. The molecule has 4 aliphatic carbocycles. The molecule has 4 aliphatic rings. The van der Waals surface area contributed by atoms with E-state index >= 15 is 0 Å². The molecule has 1 N–H and O–H groups in total. The Kier molecular flexibility index (Phi) is 2.83. The second kappa shape index (κ2) is 4.16. The number of hydrogen-bond donors (Lipinski definition) is 1. The molecule has 4 rings (SSSR count). The zero-order valence-corrected chi connectivity index (χ0v) is 14.1. The Morgan fingerprint density at radius 3 is 2.52 bits per heavy atom. The second-order valence-electron chi connectivity index (χ2n) is 9.68. The van der Waals surface area contributed by atoms with Crippen LogP contribution < -0.4 is 0 Å². The highest BCUT2D eigenvalue weighted by Crippen LogP contribution is 2.71. The second-order valence-corrected chi connectivity index (χ2v) is 9.68. The van der Waals surface area contributed by atoms with Gasteiger partial charge in [-0.1, -0.05) is 33.8 Å². The van der Waals surface area contributed by atoms with Crippen LogP contribution in [0, 0.1) is 34.0 Å². The van der Waals surface area contributed by atoms with Crippen molar-refractivity contribution < 1.29 is 5.11 Å². The molecule has 2 bridgehead atoms. The van der Waals surface area contributed by atoms with Crippen LogP contribution in [-0.4, -0.2) is 11.2 Å². The zero-order valence-electron chi connectivity index (χ0n) is 14.1. The SMILES string of the molecule is C=C1[C@@H]2CC[C@H]3[C@]4(C)CCCC(C)(C)[C@H]4CC[C@]3(C2)[C@@H]1O. The third-order valence-electron chi connectivity index (χ3n) is 8.51. The molecule has 0 heterocycles. The first-order valence-corrected chi connectivity index (χ1v) is 9.18. The highest BCUT2D eigenvalue weighted by atomic mass is 16.3. The van der Waals surface area contributed by atoms with Gasteiger partial charge in [-0.15, -0.1) is 0 Å². The lowest BCUT2D eigenvalue weighted by Crippen LogP contribution is -2.58. The maximum Gasteiger partial charge on any atom is 0.0809 e. The fraction of sp³-hybridized carbons (Fsp3) is 0.900. The van der Waals surface area contributed by atoms with Crippen molar-refractivity contribution in [1.29, 1.82) is 0 Å². The quantitative estimate of drug-likeness (QED) is 0.626. The van der Waals surface area contributed by atoms with Gasteiger partial charge in [0.05, 0.1) is 6.10 Å². The van der Waals surface area contributed by atoms with E-state index in [1.165, 1.54) is 56.9 Å². The molecule has 6 atom stereocenters. The molecule has 0 unspecified atom stereocenters. The van der Waals surface area contributed by atoms with Crippen LogP contribution in [0.1, 0.15) is 72.1 Å². The Morgan fingerprint density at radius 2 is 1.76 bits per heavy atom. The Labute approximate surface area is 130 Å². The summed E-state index contributed by atoms with van der Waals surface area (Å²) in [6.45, 7) is 11.9. The molecule has 0 aromatic carbocycles. The summed E-state index contributed by atoms with van der Waals surface area (Å²) >= 11 is 0. The number of aliphatic hydroxyl groups is 1. The summed E-state index contributed by atoms with van der Waals surface area (Å²) in [6.07, 6.45) is 10.4. The summed E-state index contributed by atoms with van der Waals surface area (Å²) in [5, 5.41) is 11.0. The van der Waals surface area contributed by atoms with Gasteiger partial charge in [-0.3, -0.25) is 0 Å². The van der Waals surface area contributed by atoms with Gasteiger partial charge < -0.3 is 5.11 Å². The number of hydrogen-bond acceptors (Lipinski definition) is 1. The predicted molar refractivity (Wildman–Crippen MR) is 86.9 cm³/mol. The Bertz CT molecular complexity index is 478. The van der Waals surface area contributed by atoms with E-state index < -0.39 is 0 Å². The standard InChI is InChI=1S/C20H32O/c1-13-14-6-7-16-19(4)10-5-9-18(2,3)15(19)8-11-20(16,12-14)17(13)21/h14-17,21H,1,5-12H2,2-4H3/t14-,15-,16+,17-,19-,20-/m1/s1. The van der Waals surface area contributed by atoms with Gasteiger partial charge >= 0.3 is 0 Å². The van der Waals surface area contributed by atoms with E-state index in [1.807, 2.05) is 0 Å². The van der Waals surface area contributed by atoms with Gasteiger partial charge in [0, 0.05) is 5.41 Å². The Balaban J connectivity index is 1.77. The molecule has 0 aromatic heterocycles. The molecule has 0 aliphatic heterocycles. The number of aliphatic hydroxyl groups excluding tert-OH is 1. The molecule has 21 heavy (non-hydrogen) atoms. The van der Waals surface area contributed by atoms with Crippen LogP contribution >= 0.6 is 0 Å². The topological polar surface area (TPSA) is 20.2 Å². The average molecular weight is 288 g/mol. The third kappa shape index (κ3) is 1.62. The van der Waals surface area contributed by atoms with E-state index in [0.717, 1.165) is 11.8 Å². The van der Waals surface area contributed by atoms with Crippen molar-refractivity contribution in [1.82, 2.24) is 0 Å². The van der Waals surface area contributed by atoms with E-state index in [0.29, 0.717) is 16.7 Å². The molecular formula is C20H32O. The van der Waals surface area contributed by atoms with E-state index in [2.05, 4.69) is 27.4 Å². The fourth-order valence-corrected chi connectivity index (χ4v) is 7.69. The van der Waals surface area contributed by atoms with E-state index in [4.69, 9.17) is 0 Å². The zero-order chi connectivity index (χ0) is 15.0. The lowest BCUT2D eigenvalue weighted by molar-refractivity contribution is -0.167. The van der Waals surface area contributed by atoms with Crippen LogP contribution in [0.15, 0.2) is 12.2 Å². The Morgan fingerprint density at radius 1 is 1.00 bits per heavy atom. The molecule has 0 amide bonds. The van der Waals surface area contributed by atoms with Gasteiger partial charge in [-0.2, -0.15) is 0 Å². The molecular weight excluding hydrogens is 256 g/mol. The van der Waals surface area contributed by atoms with E-state index in [1.54, 1.807) is 0 Å². The normalized spacial score (nSPS) is 55.0. The molecule has 4 saturated carbocycles.